The first-order chi connectivity index (χ1) is 26.4. The molecule has 0 aromatic heterocycles. The molecule has 0 rings (SSSR count). The molecule has 0 radical (unpaired) electrons. The standard InChI is InChI=1S/C47H88O8/c1-40(2)32-26-20-14-8-11-17-23-29-35-52-44(49)38-47(55-43(7)48,46(51)54-37-31-25-19-13-10-16-22-28-34-42(5)6)39-45(50)53-36-30-24-18-12-9-15-21-27-33-41(3)4/h40-42H,8-39H2,1-7H3. The molecule has 0 saturated heterocycles. The van der Waals surface area contributed by atoms with Gasteiger partial charge >= 0.3 is 23.9 Å². The zero-order valence-electron chi connectivity index (χ0n) is 37.1. The first kappa shape index (κ1) is 52.9. The number of esters is 4. The van der Waals surface area contributed by atoms with Crippen molar-refractivity contribution in [2.75, 3.05) is 19.8 Å². The van der Waals surface area contributed by atoms with Gasteiger partial charge in [-0.3, -0.25) is 14.4 Å². The van der Waals surface area contributed by atoms with Crippen LogP contribution in [0.15, 0.2) is 0 Å². The summed E-state index contributed by atoms with van der Waals surface area (Å²) in [4.78, 5) is 52.1. The summed E-state index contributed by atoms with van der Waals surface area (Å²) in [5, 5.41) is 0. The van der Waals surface area contributed by atoms with Crippen molar-refractivity contribution in [3.63, 3.8) is 0 Å². The highest BCUT2D eigenvalue weighted by Gasteiger charge is 2.48. The highest BCUT2D eigenvalue weighted by molar-refractivity contribution is 5.92. The van der Waals surface area contributed by atoms with Gasteiger partial charge in [-0.05, 0) is 37.0 Å². The molecule has 0 N–H and O–H groups in total. The highest BCUT2D eigenvalue weighted by Crippen LogP contribution is 2.26. The van der Waals surface area contributed by atoms with Crippen molar-refractivity contribution in [3.05, 3.63) is 0 Å². The van der Waals surface area contributed by atoms with Gasteiger partial charge in [0.2, 0.25) is 5.60 Å². The molecule has 55 heavy (non-hydrogen) atoms. The van der Waals surface area contributed by atoms with Gasteiger partial charge in [-0.1, -0.05) is 196 Å². The lowest BCUT2D eigenvalue weighted by atomic mass is 9.95. The van der Waals surface area contributed by atoms with Gasteiger partial charge in [0.1, 0.15) is 0 Å². The Labute approximate surface area is 339 Å². The zero-order valence-corrected chi connectivity index (χ0v) is 37.1. The Hall–Kier alpha value is -2.12. The summed E-state index contributed by atoms with van der Waals surface area (Å²) in [5.74, 6) is -0.783. The monoisotopic (exact) mass is 781 g/mol. The Morgan fingerprint density at radius 1 is 0.382 bits per heavy atom. The molecule has 0 aliphatic heterocycles. The van der Waals surface area contributed by atoms with E-state index in [4.69, 9.17) is 18.9 Å². The van der Waals surface area contributed by atoms with Crippen LogP contribution in [0.3, 0.4) is 0 Å². The third kappa shape index (κ3) is 34.8. The summed E-state index contributed by atoms with van der Waals surface area (Å²) >= 11 is 0. The molecule has 0 atom stereocenters. The van der Waals surface area contributed by atoms with Crippen LogP contribution in [0.25, 0.3) is 0 Å². The Kier molecular flexibility index (Phi) is 34.8. The molecule has 0 amide bonds. The lowest BCUT2D eigenvalue weighted by Gasteiger charge is -2.29. The molecule has 324 valence electrons. The first-order valence-electron chi connectivity index (χ1n) is 23.1. The van der Waals surface area contributed by atoms with Crippen molar-refractivity contribution < 1.29 is 38.1 Å². The van der Waals surface area contributed by atoms with Crippen LogP contribution in [0.2, 0.25) is 0 Å². The molecule has 0 saturated carbocycles. The largest absolute Gasteiger partial charge is 0.466 e. The van der Waals surface area contributed by atoms with E-state index in [9.17, 15) is 19.2 Å². The highest BCUT2D eigenvalue weighted by atomic mass is 16.6. The Morgan fingerprint density at radius 3 is 0.909 bits per heavy atom. The molecule has 0 unspecified atom stereocenters. The maximum Gasteiger partial charge on any atom is 0.351 e. The van der Waals surface area contributed by atoms with Gasteiger partial charge in [0.05, 0.1) is 32.7 Å². The van der Waals surface area contributed by atoms with Gasteiger partial charge < -0.3 is 18.9 Å². The lowest BCUT2D eigenvalue weighted by Crippen LogP contribution is -2.48. The third-order valence-corrected chi connectivity index (χ3v) is 10.4. The van der Waals surface area contributed by atoms with E-state index in [0.29, 0.717) is 19.3 Å². The second kappa shape index (κ2) is 36.2. The first-order valence-corrected chi connectivity index (χ1v) is 23.1. The van der Waals surface area contributed by atoms with Crippen LogP contribution in [0, 0.1) is 17.8 Å². The fraction of sp³-hybridized carbons (Fsp3) is 0.915. The van der Waals surface area contributed by atoms with Crippen molar-refractivity contribution in [3.8, 4) is 0 Å². The maximum atomic E-state index is 13.6. The molecule has 0 aliphatic carbocycles. The predicted molar refractivity (Wildman–Crippen MR) is 226 cm³/mol. The SMILES string of the molecule is CC(=O)OC(CC(=O)OCCCCCCCCCCC(C)C)(CC(=O)OCCCCCCCCCCC(C)C)C(=O)OCCCCCCCCCCC(C)C. The molecule has 0 bridgehead atoms. The van der Waals surface area contributed by atoms with E-state index in [1.165, 1.54) is 96.3 Å². The summed E-state index contributed by atoms with van der Waals surface area (Å²) in [6.07, 6.45) is 29.4. The molecular weight excluding hydrogens is 693 g/mol. The molecule has 0 aliphatic rings. The number of unbranched alkanes of at least 4 members (excludes halogenated alkanes) is 21. The van der Waals surface area contributed by atoms with Crippen LogP contribution in [0.5, 0.6) is 0 Å². The van der Waals surface area contributed by atoms with Crippen LogP contribution in [0.4, 0.5) is 0 Å². The van der Waals surface area contributed by atoms with Crippen LogP contribution in [-0.4, -0.2) is 49.3 Å². The molecule has 0 fully saturated rings. The third-order valence-electron chi connectivity index (χ3n) is 10.4. The Morgan fingerprint density at radius 2 is 0.636 bits per heavy atom. The fourth-order valence-corrected chi connectivity index (χ4v) is 6.98. The fourth-order valence-electron chi connectivity index (χ4n) is 6.98. The lowest BCUT2D eigenvalue weighted by molar-refractivity contribution is -0.190. The van der Waals surface area contributed by atoms with Crippen molar-refractivity contribution in [1.29, 1.82) is 0 Å². The molecule has 8 heteroatoms. The quantitative estimate of drug-likeness (QED) is 0.0345. The summed E-state index contributed by atoms with van der Waals surface area (Å²) < 4.78 is 22.1. The van der Waals surface area contributed by atoms with Crippen molar-refractivity contribution >= 4 is 23.9 Å². The number of carbonyl (C=O) groups is 4. The molecule has 0 spiro atoms. The van der Waals surface area contributed by atoms with Crippen LogP contribution in [-0.2, 0) is 38.1 Å². The van der Waals surface area contributed by atoms with Gasteiger partial charge in [0, 0.05) is 6.92 Å². The van der Waals surface area contributed by atoms with E-state index in [2.05, 4.69) is 41.5 Å². The second-order valence-corrected chi connectivity index (χ2v) is 17.6. The van der Waals surface area contributed by atoms with E-state index < -0.39 is 42.3 Å². The maximum absolute atomic E-state index is 13.6. The number of rotatable bonds is 39. The van der Waals surface area contributed by atoms with Gasteiger partial charge in [-0.15, -0.1) is 0 Å². The van der Waals surface area contributed by atoms with Crippen LogP contribution in [0.1, 0.15) is 235 Å². The van der Waals surface area contributed by atoms with Crippen LogP contribution >= 0.6 is 0 Å². The normalized spacial score (nSPS) is 11.7. The van der Waals surface area contributed by atoms with Crippen molar-refractivity contribution in [1.82, 2.24) is 0 Å². The van der Waals surface area contributed by atoms with E-state index in [1.54, 1.807) is 0 Å². The topological polar surface area (TPSA) is 105 Å². The molecule has 0 aromatic rings. The van der Waals surface area contributed by atoms with Crippen molar-refractivity contribution in [2.24, 2.45) is 17.8 Å². The summed E-state index contributed by atoms with van der Waals surface area (Å²) in [7, 11) is 0. The minimum absolute atomic E-state index is 0.121. The predicted octanol–water partition coefficient (Wildman–Crippen LogP) is 13.2. The van der Waals surface area contributed by atoms with E-state index in [-0.39, 0.29) is 19.8 Å². The zero-order chi connectivity index (χ0) is 41.0. The number of carbonyl (C=O) groups excluding carboxylic acids is 4. The average Bonchev–Trinajstić information content (AvgIpc) is 3.10. The smallest absolute Gasteiger partial charge is 0.351 e. The second-order valence-electron chi connectivity index (χ2n) is 17.6. The van der Waals surface area contributed by atoms with Gasteiger partial charge in [-0.2, -0.15) is 0 Å². The average molecular weight is 781 g/mol. The summed E-state index contributed by atoms with van der Waals surface area (Å²) in [6, 6.07) is 0. The minimum atomic E-state index is -2.12. The van der Waals surface area contributed by atoms with Gasteiger partial charge in [0.15, 0.2) is 0 Å². The van der Waals surface area contributed by atoms with E-state index >= 15 is 0 Å². The summed E-state index contributed by atoms with van der Waals surface area (Å²) in [5.41, 5.74) is -2.12. The van der Waals surface area contributed by atoms with E-state index in [1.807, 2.05) is 0 Å². The van der Waals surface area contributed by atoms with Gasteiger partial charge in [-0.25, -0.2) is 4.79 Å². The molecule has 0 heterocycles. The van der Waals surface area contributed by atoms with E-state index in [0.717, 1.165) is 82.5 Å². The van der Waals surface area contributed by atoms with Gasteiger partial charge in [0.25, 0.3) is 0 Å². The van der Waals surface area contributed by atoms with Crippen molar-refractivity contribution in [2.45, 2.75) is 240 Å². The number of ether oxygens (including phenoxy) is 4. The van der Waals surface area contributed by atoms with Crippen LogP contribution < -0.4 is 0 Å². The minimum Gasteiger partial charge on any atom is -0.466 e. The summed E-state index contributed by atoms with van der Waals surface area (Å²) in [6.45, 7) is 15.3. The molecule has 8 nitrogen and oxygen atoms in total. The Bertz CT molecular complexity index is 899. The Balaban J connectivity index is 4.94. The molecule has 0 aromatic carbocycles. The number of hydrogen-bond donors (Lipinski definition) is 0. The number of hydrogen-bond acceptors (Lipinski definition) is 8. The molecular formula is C47H88O8.